The number of hydrogen-bond acceptors (Lipinski definition) is 3. The SMILES string of the molecule is O=C(O)c1ccc(CN2CC[C@@H](CN[C@@H]3C[C@H]3c3ccccc3)C2)cc1. The van der Waals surface area contributed by atoms with E-state index in [0.29, 0.717) is 23.4 Å². The monoisotopic (exact) mass is 350 g/mol. The van der Waals surface area contributed by atoms with Crippen molar-refractivity contribution in [1.29, 1.82) is 0 Å². The Labute approximate surface area is 154 Å². The van der Waals surface area contributed by atoms with Crippen molar-refractivity contribution in [2.24, 2.45) is 5.92 Å². The maximum Gasteiger partial charge on any atom is 0.335 e. The molecule has 136 valence electrons. The van der Waals surface area contributed by atoms with Crippen LogP contribution in [-0.4, -0.2) is 41.7 Å². The molecule has 1 aliphatic heterocycles. The fraction of sp³-hybridized carbons (Fsp3) is 0.409. The first-order chi connectivity index (χ1) is 12.7. The number of nitrogens with one attached hydrogen (secondary N) is 1. The molecule has 4 rings (SSSR count). The summed E-state index contributed by atoms with van der Waals surface area (Å²) in [4.78, 5) is 13.4. The maximum atomic E-state index is 10.9. The van der Waals surface area contributed by atoms with E-state index in [2.05, 4.69) is 40.5 Å². The molecule has 2 N–H and O–H groups in total. The molecule has 1 saturated heterocycles. The first-order valence-corrected chi connectivity index (χ1v) is 9.52. The smallest absolute Gasteiger partial charge is 0.335 e. The summed E-state index contributed by atoms with van der Waals surface area (Å²) >= 11 is 0. The third-order valence-corrected chi connectivity index (χ3v) is 5.66. The van der Waals surface area contributed by atoms with Gasteiger partial charge in [-0.2, -0.15) is 0 Å². The molecule has 26 heavy (non-hydrogen) atoms. The molecule has 0 aromatic heterocycles. The van der Waals surface area contributed by atoms with E-state index in [1.165, 1.54) is 24.0 Å². The van der Waals surface area contributed by atoms with E-state index in [1.54, 1.807) is 12.1 Å². The molecule has 2 fully saturated rings. The molecule has 0 radical (unpaired) electrons. The minimum atomic E-state index is -0.863. The number of likely N-dealkylation sites (tertiary alicyclic amines) is 1. The maximum absolute atomic E-state index is 10.9. The second-order valence-electron chi connectivity index (χ2n) is 7.66. The Kier molecular flexibility index (Phi) is 5.05. The molecule has 0 spiro atoms. The molecule has 4 nitrogen and oxygen atoms in total. The molecule has 2 aromatic rings. The van der Waals surface area contributed by atoms with Gasteiger partial charge in [0.05, 0.1) is 5.56 Å². The second kappa shape index (κ2) is 7.60. The Hall–Kier alpha value is -2.17. The van der Waals surface area contributed by atoms with E-state index < -0.39 is 5.97 Å². The summed E-state index contributed by atoms with van der Waals surface area (Å²) < 4.78 is 0. The summed E-state index contributed by atoms with van der Waals surface area (Å²) in [5.74, 6) is 0.546. The zero-order chi connectivity index (χ0) is 17.9. The predicted octanol–water partition coefficient (Wildman–Crippen LogP) is 3.35. The van der Waals surface area contributed by atoms with Crippen molar-refractivity contribution in [2.75, 3.05) is 19.6 Å². The van der Waals surface area contributed by atoms with E-state index in [9.17, 15) is 4.79 Å². The molecule has 1 heterocycles. The van der Waals surface area contributed by atoms with E-state index in [-0.39, 0.29) is 0 Å². The van der Waals surface area contributed by atoms with Crippen molar-refractivity contribution in [3.8, 4) is 0 Å². The summed E-state index contributed by atoms with van der Waals surface area (Å²) in [6, 6.07) is 18.7. The van der Waals surface area contributed by atoms with Crippen LogP contribution < -0.4 is 5.32 Å². The van der Waals surface area contributed by atoms with Gasteiger partial charge >= 0.3 is 5.97 Å². The van der Waals surface area contributed by atoms with Gasteiger partial charge in [-0.25, -0.2) is 4.79 Å². The van der Waals surface area contributed by atoms with Crippen LogP contribution in [0.4, 0.5) is 0 Å². The number of carboxylic acid groups (broad SMARTS) is 1. The third-order valence-electron chi connectivity index (χ3n) is 5.66. The van der Waals surface area contributed by atoms with Crippen LogP contribution in [0.1, 0.15) is 40.2 Å². The van der Waals surface area contributed by atoms with Gasteiger partial charge in [0.25, 0.3) is 0 Å². The first kappa shape index (κ1) is 17.3. The Morgan fingerprint density at radius 1 is 1.12 bits per heavy atom. The van der Waals surface area contributed by atoms with Gasteiger partial charge in [0, 0.05) is 25.0 Å². The summed E-state index contributed by atoms with van der Waals surface area (Å²) in [6.07, 6.45) is 2.50. The van der Waals surface area contributed by atoms with Crippen molar-refractivity contribution >= 4 is 5.97 Å². The van der Waals surface area contributed by atoms with Gasteiger partial charge < -0.3 is 10.4 Å². The molecule has 1 saturated carbocycles. The van der Waals surface area contributed by atoms with Gasteiger partial charge in [0.2, 0.25) is 0 Å². The highest BCUT2D eigenvalue weighted by Gasteiger charge is 2.38. The number of rotatable bonds is 7. The van der Waals surface area contributed by atoms with Gasteiger partial charge in [-0.1, -0.05) is 42.5 Å². The van der Waals surface area contributed by atoms with Crippen molar-refractivity contribution in [3.63, 3.8) is 0 Å². The van der Waals surface area contributed by atoms with Crippen molar-refractivity contribution in [3.05, 3.63) is 71.3 Å². The van der Waals surface area contributed by atoms with Gasteiger partial charge in [0.1, 0.15) is 0 Å². The van der Waals surface area contributed by atoms with E-state index in [4.69, 9.17) is 5.11 Å². The third kappa shape index (κ3) is 4.14. The highest BCUT2D eigenvalue weighted by molar-refractivity contribution is 5.87. The highest BCUT2D eigenvalue weighted by atomic mass is 16.4. The number of aromatic carboxylic acids is 1. The Bertz CT molecular complexity index is 744. The lowest BCUT2D eigenvalue weighted by Crippen LogP contribution is -2.28. The molecule has 0 unspecified atom stereocenters. The number of carbonyl (C=O) groups is 1. The molecule has 4 heteroatoms. The second-order valence-corrected chi connectivity index (χ2v) is 7.66. The van der Waals surface area contributed by atoms with Crippen LogP contribution in [-0.2, 0) is 6.54 Å². The number of nitrogens with zero attached hydrogens (tertiary/aromatic N) is 1. The lowest BCUT2D eigenvalue weighted by atomic mass is 10.1. The molecule has 0 amide bonds. The minimum absolute atomic E-state index is 0.356. The molecule has 2 aliphatic rings. The zero-order valence-corrected chi connectivity index (χ0v) is 15.0. The summed E-state index contributed by atoms with van der Waals surface area (Å²) in [5, 5.41) is 12.7. The Morgan fingerprint density at radius 3 is 2.62 bits per heavy atom. The average Bonchev–Trinajstić information content (AvgIpc) is 3.32. The van der Waals surface area contributed by atoms with Crippen molar-refractivity contribution < 1.29 is 9.90 Å². The van der Waals surface area contributed by atoms with Crippen LogP contribution in [0.15, 0.2) is 54.6 Å². The summed E-state index contributed by atoms with van der Waals surface area (Å²) in [6.45, 7) is 4.26. The number of hydrogen-bond donors (Lipinski definition) is 2. The Balaban J connectivity index is 1.20. The van der Waals surface area contributed by atoms with Crippen molar-refractivity contribution in [2.45, 2.75) is 31.3 Å². The summed E-state index contributed by atoms with van der Waals surface area (Å²) in [5.41, 5.74) is 3.01. The van der Waals surface area contributed by atoms with Gasteiger partial charge in [-0.05, 0) is 55.1 Å². The molecule has 2 aromatic carbocycles. The standard InChI is InChI=1S/C22H26N2O2/c25-22(26)19-8-6-16(7-9-19)14-24-11-10-17(15-24)13-23-21-12-20(21)18-4-2-1-3-5-18/h1-9,17,20-21,23H,10-15H2,(H,25,26)/t17-,20-,21+/m0/s1. The highest BCUT2D eigenvalue weighted by Crippen LogP contribution is 2.40. The van der Waals surface area contributed by atoms with Gasteiger partial charge in [0.15, 0.2) is 0 Å². The van der Waals surface area contributed by atoms with Gasteiger partial charge in [-0.15, -0.1) is 0 Å². The molecule has 3 atom stereocenters. The van der Waals surface area contributed by atoms with Crippen LogP contribution >= 0.6 is 0 Å². The van der Waals surface area contributed by atoms with Crippen LogP contribution in [0.25, 0.3) is 0 Å². The van der Waals surface area contributed by atoms with Crippen LogP contribution in [0, 0.1) is 5.92 Å². The topological polar surface area (TPSA) is 52.6 Å². The fourth-order valence-electron chi connectivity index (χ4n) is 4.04. The largest absolute Gasteiger partial charge is 0.478 e. The van der Waals surface area contributed by atoms with Crippen molar-refractivity contribution in [1.82, 2.24) is 10.2 Å². The molecule has 0 bridgehead atoms. The van der Waals surface area contributed by atoms with Gasteiger partial charge in [-0.3, -0.25) is 4.90 Å². The predicted molar refractivity (Wildman–Crippen MR) is 102 cm³/mol. The fourth-order valence-corrected chi connectivity index (χ4v) is 4.04. The van der Waals surface area contributed by atoms with E-state index >= 15 is 0 Å². The van der Waals surface area contributed by atoms with E-state index in [0.717, 1.165) is 26.2 Å². The zero-order valence-electron chi connectivity index (χ0n) is 15.0. The lowest BCUT2D eigenvalue weighted by Gasteiger charge is -2.16. The molecular formula is C22H26N2O2. The first-order valence-electron chi connectivity index (χ1n) is 9.52. The molecular weight excluding hydrogens is 324 g/mol. The number of benzene rings is 2. The lowest BCUT2D eigenvalue weighted by molar-refractivity contribution is 0.0697. The minimum Gasteiger partial charge on any atom is -0.478 e. The Morgan fingerprint density at radius 2 is 1.88 bits per heavy atom. The van der Waals surface area contributed by atoms with Crippen LogP contribution in [0.3, 0.4) is 0 Å². The van der Waals surface area contributed by atoms with Crippen LogP contribution in [0.2, 0.25) is 0 Å². The molecule has 1 aliphatic carbocycles. The normalized spacial score (nSPS) is 25.3. The van der Waals surface area contributed by atoms with E-state index in [1.807, 2.05) is 12.1 Å². The average molecular weight is 350 g/mol. The van der Waals surface area contributed by atoms with Crippen LogP contribution in [0.5, 0.6) is 0 Å². The number of carboxylic acids is 1. The summed E-state index contributed by atoms with van der Waals surface area (Å²) in [7, 11) is 0. The quantitative estimate of drug-likeness (QED) is 0.804.